The average molecular weight is 304 g/mol. The maximum atomic E-state index is 13.8. The Hall–Kier alpha value is -1.91. The molecule has 0 saturated heterocycles. The summed E-state index contributed by atoms with van der Waals surface area (Å²) in [6.45, 7) is 4.66. The van der Waals surface area contributed by atoms with Gasteiger partial charge in [-0.2, -0.15) is 0 Å². The predicted molar refractivity (Wildman–Crippen MR) is 83.4 cm³/mol. The van der Waals surface area contributed by atoms with Gasteiger partial charge in [0.15, 0.2) is 11.6 Å². The zero-order chi connectivity index (χ0) is 16.0. The van der Waals surface area contributed by atoms with E-state index >= 15 is 0 Å². The van der Waals surface area contributed by atoms with Crippen LogP contribution in [0.5, 0.6) is 11.5 Å². The lowest BCUT2D eigenvalue weighted by molar-refractivity contribution is 0.0197. The lowest BCUT2D eigenvalue weighted by atomic mass is 9.97. The molecule has 0 atom stereocenters. The molecule has 0 unspecified atom stereocenters. The lowest BCUT2D eigenvalue weighted by Gasteiger charge is -2.21. The zero-order valence-corrected chi connectivity index (χ0v) is 12.9. The van der Waals surface area contributed by atoms with Crippen molar-refractivity contribution in [1.29, 1.82) is 0 Å². The highest BCUT2D eigenvalue weighted by molar-refractivity contribution is 5.34. The quantitative estimate of drug-likeness (QED) is 0.835. The van der Waals surface area contributed by atoms with E-state index in [1.807, 2.05) is 32.0 Å². The van der Waals surface area contributed by atoms with E-state index in [-0.39, 0.29) is 17.8 Å². The van der Waals surface area contributed by atoms with Gasteiger partial charge < -0.3 is 14.6 Å². The summed E-state index contributed by atoms with van der Waals surface area (Å²) in [6.07, 6.45) is 0. The van der Waals surface area contributed by atoms with Crippen LogP contribution in [0.15, 0.2) is 48.5 Å². The maximum absolute atomic E-state index is 13.8. The van der Waals surface area contributed by atoms with Crippen molar-refractivity contribution in [3.63, 3.8) is 0 Å². The van der Waals surface area contributed by atoms with Crippen molar-refractivity contribution in [3.8, 4) is 11.5 Å². The fourth-order valence-corrected chi connectivity index (χ4v) is 1.82. The minimum absolute atomic E-state index is 0.0544. The Labute approximate surface area is 130 Å². The molecule has 0 amide bonds. The third kappa shape index (κ3) is 4.83. The molecular formula is C18H21FO3. The summed E-state index contributed by atoms with van der Waals surface area (Å²) < 4.78 is 25.0. The van der Waals surface area contributed by atoms with Crippen LogP contribution in [-0.2, 0) is 11.3 Å². The predicted octanol–water partition coefficient (Wildman–Crippen LogP) is 4.15. The monoisotopic (exact) mass is 304 g/mol. The largest absolute Gasteiger partial charge is 0.454 e. The van der Waals surface area contributed by atoms with E-state index in [4.69, 9.17) is 9.47 Å². The number of benzene rings is 2. The van der Waals surface area contributed by atoms with Crippen LogP contribution in [0.1, 0.15) is 19.4 Å². The van der Waals surface area contributed by atoms with E-state index in [9.17, 15) is 9.50 Å². The number of halogens is 1. The molecule has 118 valence electrons. The second-order valence-electron chi connectivity index (χ2n) is 6.00. The lowest BCUT2D eigenvalue weighted by Crippen LogP contribution is -2.23. The van der Waals surface area contributed by atoms with E-state index in [0.29, 0.717) is 19.0 Å². The fourth-order valence-electron chi connectivity index (χ4n) is 1.82. The molecule has 3 nitrogen and oxygen atoms in total. The van der Waals surface area contributed by atoms with Crippen LogP contribution in [0.4, 0.5) is 4.39 Å². The smallest absolute Gasteiger partial charge is 0.165 e. The molecule has 0 aliphatic carbocycles. The Bertz CT molecular complexity index is 597. The summed E-state index contributed by atoms with van der Waals surface area (Å²) in [5.41, 5.74) is 0.532. The van der Waals surface area contributed by atoms with E-state index in [1.54, 1.807) is 24.3 Å². The molecule has 0 aliphatic heterocycles. The second kappa shape index (κ2) is 7.38. The van der Waals surface area contributed by atoms with Crippen LogP contribution >= 0.6 is 0 Å². The molecule has 0 fully saturated rings. The summed E-state index contributed by atoms with van der Waals surface area (Å²) in [7, 11) is 0. The van der Waals surface area contributed by atoms with Gasteiger partial charge in [0, 0.05) is 5.41 Å². The molecule has 0 aromatic heterocycles. The first-order valence-corrected chi connectivity index (χ1v) is 7.20. The Morgan fingerprint density at radius 2 is 1.82 bits per heavy atom. The van der Waals surface area contributed by atoms with E-state index < -0.39 is 5.82 Å². The van der Waals surface area contributed by atoms with Crippen molar-refractivity contribution in [1.82, 2.24) is 0 Å². The summed E-state index contributed by atoms with van der Waals surface area (Å²) in [5, 5.41) is 9.19. The molecule has 2 aromatic rings. The molecule has 0 heterocycles. The first-order valence-electron chi connectivity index (χ1n) is 7.20. The van der Waals surface area contributed by atoms with Crippen molar-refractivity contribution in [2.45, 2.75) is 20.5 Å². The van der Waals surface area contributed by atoms with E-state index in [1.165, 1.54) is 6.07 Å². The van der Waals surface area contributed by atoms with Gasteiger partial charge >= 0.3 is 0 Å². The zero-order valence-electron chi connectivity index (χ0n) is 12.9. The third-order valence-electron chi connectivity index (χ3n) is 3.16. The van der Waals surface area contributed by atoms with Crippen LogP contribution in [-0.4, -0.2) is 18.3 Å². The molecule has 0 aliphatic rings. The van der Waals surface area contributed by atoms with Crippen molar-refractivity contribution >= 4 is 0 Å². The van der Waals surface area contributed by atoms with Gasteiger partial charge in [0.2, 0.25) is 0 Å². The van der Waals surface area contributed by atoms with E-state index in [2.05, 4.69) is 0 Å². The number of hydrogen-bond acceptors (Lipinski definition) is 3. The first kappa shape index (κ1) is 16.5. The first-order chi connectivity index (χ1) is 10.5. The molecule has 0 bridgehead atoms. The van der Waals surface area contributed by atoms with Gasteiger partial charge in [-0.3, -0.25) is 0 Å². The maximum Gasteiger partial charge on any atom is 0.165 e. The fraction of sp³-hybridized carbons (Fsp3) is 0.333. The molecule has 2 rings (SSSR count). The number of aliphatic hydroxyl groups is 1. The second-order valence-corrected chi connectivity index (χ2v) is 6.00. The normalized spacial score (nSPS) is 11.5. The van der Waals surface area contributed by atoms with Crippen LogP contribution in [0, 0.1) is 11.2 Å². The highest BCUT2D eigenvalue weighted by Crippen LogP contribution is 2.26. The van der Waals surface area contributed by atoms with Crippen molar-refractivity contribution in [3.05, 3.63) is 59.9 Å². The van der Waals surface area contributed by atoms with Crippen LogP contribution in [0.3, 0.4) is 0 Å². The molecule has 0 radical (unpaired) electrons. The van der Waals surface area contributed by atoms with Gasteiger partial charge in [-0.1, -0.05) is 38.1 Å². The summed E-state index contributed by atoms with van der Waals surface area (Å²) in [6, 6.07) is 13.7. The summed E-state index contributed by atoms with van der Waals surface area (Å²) in [4.78, 5) is 0. The standard InChI is InChI=1S/C18H21FO3/c1-18(2,12-20)13-21-11-14-8-9-16(19)17(10-14)22-15-6-4-3-5-7-15/h3-10,20H,11-13H2,1-2H3. The Morgan fingerprint density at radius 3 is 2.50 bits per heavy atom. The van der Waals surface area contributed by atoms with Gasteiger partial charge in [0.25, 0.3) is 0 Å². The van der Waals surface area contributed by atoms with Gasteiger partial charge in [0.05, 0.1) is 19.8 Å². The molecule has 22 heavy (non-hydrogen) atoms. The highest BCUT2D eigenvalue weighted by atomic mass is 19.1. The average Bonchev–Trinajstić information content (AvgIpc) is 2.51. The number of ether oxygens (including phenoxy) is 2. The summed E-state index contributed by atoms with van der Waals surface area (Å²) in [5.74, 6) is 0.345. The third-order valence-corrected chi connectivity index (χ3v) is 3.16. The van der Waals surface area contributed by atoms with Gasteiger partial charge in [-0.25, -0.2) is 4.39 Å². The molecular weight excluding hydrogens is 283 g/mol. The van der Waals surface area contributed by atoms with Crippen molar-refractivity contribution in [2.75, 3.05) is 13.2 Å². The highest BCUT2D eigenvalue weighted by Gasteiger charge is 2.16. The topological polar surface area (TPSA) is 38.7 Å². The molecule has 4 heteroatoms. The Balaban J connectivity index is 2.01. The number of hydrogen-bond donors (Lipinski definition) is 1. The minimum Gasteiger partial charge on any atom is -0.454 e. The molecule has 0 spiro atoms. The molecule has 1 N–H and O–H groups in total. The number of rotatable bonds is 7. The molecule has 2 aromatic carbocycles. The Kier molecular flexibility index (Phi) is 5.52. The SMILES string of the molecule is CC(C)(CO)COCc1ccc(F)c(Oc2ccccc2)c1. The molecule has 0 saturated carbocycles. The van der Waals surface area contributed by atoms with Gasteiger partial charge in [0.1, 0.15) is 5.75 Å². The Morgan fingerprint density at radius 1 is 1.09 bits per heavy atom. The van der Waals surface area contributed by atoms with Crippen molar-refractivity contribution < 1.29 is 19.0 Å². The number of aliphatic hydroxyl groups excluding tert-OH is 1. The number of para-hydroxylation sites is 1. The van der Waals surface area contributed by atoms with Crippen LogP contribution < -0.4 is 4.74 Å². The van der Waals surface area contributed by atoms with Gasteiger partial charge in [-0.05, 0) is 29.8 Å². The van der Waals surface area contributed by atoms with Crippen LogP contribution in [0.2, 0.25) is 0 Å². The van der Waals surface area contributed by atoms with Crippen molar-refractivity contribution in [2.24, 2.45) is 5.41 Å². The van der Waals surface area contributed by atoms with E-state index in [0.717, 1.165) is 5.56 Å². The van der Waals surface area contributed by atoms with Gasteiger partial charge in [-0.15, -0.1) is 0 Å². The van der Waals surface area contributed by atoms with Crippen LogP contribution in [0.25, 0.3) is 0 Å². The minimum atomic E-state index is -0.414. The summed E-state index contributed by atoms with van der Waals surface area (Å²) >= 11 is 0.